The molecule has 1 atom stereocenters. The largest absolute Gasteiger partial charge is 0.333 e. The first-order valence-electron chi connectivity index (χ1n) is 12.1. The number of aromatic nitrogens is 2. The maximum atomic E-state index is 14.3. The molecular formula is C29H27Cl2N3O2. The Labute approximate surface area is 220 Å². The smallest absolute Gasteiger partial charge is 0.277 e. The van der Waals surface area contributed by atoms with Crippen LogP contribution < -0.4 is 5.56 Å². The van der Waals surface area contributed by atoms with Crippen molar-refractivity contribution in [3.63, 3.8) is 0 Å². The van der Waals surface area contributed by atoms with Gasteiger partial charge in [0.2, 0.25) is 0 Å². The van der Waals surface area contributed by atoms with Crippen LogP contribution in [0.25, 0.3) is 22.0 Å². The summed E-state index contributed by atoms with van der Waals surface area (Å²) in [5.41, 5.74) is 5.21. The van der Waals surface area contributed by atoms with E-state index in [1.54, 1.807) is 29.0 Å². The Hall–Kier alpha value is -3.15. The molecule has 3 heterocycles. The average molecular weight is 520 g/mol. The highest BCUT2D eigenvalue weighted by Gasteiger charge is 2.30. The molecule has 2 aromatic heterocycles. The monoisotopic (exact) mass is 519 g/mol. The van der Waals surface area contributed by atoms with Gasteiger partial charge in [-0.2, -0.15) is 0 Å². The van der Waals surface area contributed by atoms with E-state index >= 15 is 0 Å². The quantitative estimate of drug-likeness (QED) is 0.303. The first-order valence-corrected chi connectivity index (χ1v) is 12.8. The van der Waals surface area contributed by atoms with E-state index in [-0.39, 0.29) is 17.4 Å². The Morgan fingerprint density at radius 3 is 2.47 bits per heavy atom. The normalized spacial score (nSPS) is 16.1. The summed E-state index contributed by atoms with van der Waals surface area (Å²) in [5.74, 6) is 0.0531. The molecule has 0 N–H and O–H groups in total. The van der Waals surface area contributed by atoms with Gasteiger partial charge in [0.1, 0.15) is 11.2 Å². The molecule has 1 aliphatic heterocycles. The maximum Gasteiger partial charge on any atom is 0.277 e. The van der Waals surface area contributed by atoms with Crippen LogP contribution in [-0.4, -0.2) is 26.9 Å². The molecule has 0 radical (unpaired) electrons. The summed E-state index contributed by atoms with van der Waals surface area (Å²) in [6.07, 6.45) is 2.37. The van der Waals surface area contributed by atoms with E-state index in [9.17, 15) is 9.59 Å². The summed E-state index contributed by atoms with van der Waals surface area (Å²) in [5, 5.41) is 1.44. The molecule has 184 valence electrons. The summed E-state index contributed by atoms with van der Waals surface area (Å²) in [4.78, 5) is 34.2. The highest BCUT2D eigenvalue weighted by molar-refractivity contribution is 6.42. The molecule has 4 aromatic rings. The molecule has 36 heavy (non-hydrogen) atoms. The Morgan fingerprint density at radius 2 is 1.75 bits per heavy atom. The van der Waals surface area contributed by atoms with Crippen molar-refractivity contribution in [1.82, 2.24) is 14.5 Å². The van der Waals surface area contributed by atoms with Crippen LogP contribution in [0, 0.1) is 19.8 Å². The summed E-state index contributed by atoms with van der Waals surface area (Å²) >= 11 is 12.6. The molecule has 0 saturated heterocycles. The SMILES string of the molecule is Cc1cc(C)cc(CN2C[C@H](C)CCn3c(c(-c4ccc(Cl)c(Cl)c4)c4cccnc4c3=O)C2=O)c1. The van der Waals surface area contributed by atoms with Crippen molar-refractivity contribution >= 4 is 40.0 Å². The van der Waals surface area contributed by atoms with E-state index in [2.05, 4.69) is 44.0 Å². The Kier molecular flexibility index (Phi) is 6.62. The Bertz CT molecular complexity index is 1540. The third-order valence-electron chi connectivity index (χ3n) is 6.76. The van der Waals surface area contributed by atoms with Gasteiger partial charge in [-0.3, -0.25) is 14.6 Å². The van der Waals surface area contributed by atoms with E-state index in [4.69, 9.17) is 23.2 Å². The molecule has 5 rings (SSSR count). The zero-order valence-corrected chi connectivity index (χ0v) is 22.0. The van der Waals surface area contributed by atoms with Crippen LogP contribution in [0.1, 0.15) is 40.5 Å². The predicted molar refractivity (Wildman–Crippen MR) is 146 cm³/mol. The number of benzene rings is 2. The zero-order chi connectivity index (χ0) is 25.6. The maximum absolute atomic E-state index is 14.3. The topological polar surface area (TPSA) is 55.2 Å². The van der Waals surface area contributed by atoms with E-state index in [1.807, 2.05) is 17.0 Å². The van der Waals surface area contributed by atoms with Crippen LogP contribution in [0.15, 0.2) is 59.5 Å². The summed E-state index contributed by atoms with van der Waals surface area (Å²) in [7, 11) is 0. The van der Waals surface area contributed by atoms with Crippen molar-refractivity contribution < 1.29 is 4.79 Å². The van der Waals surface area contributed by atoms with Crippen molar-refractivity contribution in [2.75, 3.05) is 6.54 Å². The number of halogens is 2. The van der Waals surface area contributed by atoms with Gasteiger partial charge in [0.25, 0.3) is 11.5 Å². The molecule has 0 unspecified atom stereocenters. The predicted octanol–water partition coefficient (Wildman–Crippen LogP) is 6.67. The fraction of sp³-hybridized carbons (Fsp3) is 0.276. The number of fused-ring (bicyclic) bond motifs is 2. The molecule has 0 spiro atoms. The molecule has 5 nitrogen and oxygen atoms in total. The van der Waals surface area contributed by atoms with E-state index in [1.165, 1.54) is 0 Å². The third kappa shape index (κ3) is 4.54. The van der Waals surface area contributed by atoms with Crippen LogP contribution in [0.3, 0.4) is 0 Å². The van der Waals surface area contributed by atoms with Crippen molar-refractivity contribution in [1.29, 1.82) is 0 Å². The van der Waals surface area contributed by atoms with E-state index in [0.717, 1.165) is 28.7 Å². The second kappa shape index (κ2) is 9.72. The fourth-order valence-corrected chi connectivity index (χ4v) is 5.51. The number of hydrogen-bond acceptors (Lipinski definition) is 3. The van der Waals surface area contributed by atoms with Gasteiger partial charge in [-0.25, -0.2) is 0 Å². The average Bonchev–Trinajstić information content (AvgIpc) is 2.83. The number of rotatable bonds is 3. The van der Waals surface area contributed by atoms with Gasteiger partial charge in [0.15, 0.2) is 0 Å². The molecule has 2 aromatic carbocycles. The molecular weight excluding hydrogens is 493 g/mol. The molecule has 1 aliphatic rings. The lowest BCUT2D eigenvalue weighted by Crippen LogP contribution is -2.41. The minimum atomic E-state index is -0.252. The van der Waals surface area contributed by atoms with Gasteiger partial charge in [0, 0.05) is 36.8 Å². The highest BCUT2D eigenvalue weighted by atomic mass is 35.5. The molecule has 7 heteroatoms. The number of pyridine rings is 2. The molecule has 0 saturated carbocycles. The summed E-state index contributed by atoms with van der Waals surface area (Å²) in [6.45, 7) is 7.75. The van der Waals surface area contributed by atoms with Gasteiger partial charge < -0.3 is 9.47 Å². The lowest BCUT2D eigenvalue weighted by atomic mass is 9.95. The zero-order valence-electron chi connectivity index (χ0n) is 20.5. The lowest BCUT2D eigenvalue weighted by molar-refractivity contribution is 0.0687. The number of aryl methyl sites for hydroxylation is 2. The molecule has 0 bridgehead atoms. The van der Waals surface area contributed by atoms with Crippen molar-refractivity contribution in [2.45, 2.75) is 40.3 Å². The van der Waals surface area contributed by atoms with Gasteiger partial charge in [-0.15, -0.1) is 0 Å². The van der Waals surface area contributed by atoms with Crippen molar-refractivity contribution in [3.8, 4) is 11.1 Å². The summed E-state index contributed by atoms with van der Waals surface area (Å²) < 4.78 is 1.61. The standard InChI is InChI=1S/C29H27Cl2N3O2/c1-17-8-10-34-27(29(36)33(15-17)16-20-12-18(2)11-19(3)13-20)25(21-6-7-23(30)24(31)14-21)22-5-4-9-32-26(22)28(34)35/h4-7,9,11-14,17H,8,10,15-16H2,1-3H3/t17-/m1/s1. The second-order valence-corrected chi connectivity index (χ2v) is 10.6. The minimum absolute atomic E-state index is 0.176. The third-order valence-corrected chi connectivity index (χ3v) is 7.50. The Morgan fingerprint density at radius 1 is 1.00 bits per heavy atom. The Balaban J connectivity index is 1.77. The highest BCUT2D eigenvalue weighted by Crippen LogP contribution is 2.35. The molecule has 0 fully saturated rings. The second-order valence-electron chi connectivity index (χ2n) is 9.78. The molecule has 1 amide bonds. The van der Waals surface area contributed by atoms with Crippen LogP contribution in [-0.2, 0) is 13.1 Å². The van der Waals surface area contributed by atoms with Crippen LogP contribution >= 0.6 is 23.2 Å². The fourth-order valence-electron chi connectivity index (χ4n) is 5.22. The van der Waals surface area contributed by atoms with Crippen molar-refractivity contribution in [2.24, 2.45) is 5.92 Å². The number of carbonyl (C=O) groups excluding carboxylic acids is 1. The lowest BCUT2D eigenvalue weighted by Gasteiger charge is -2.32. The number of hydrogen-bond donors (Lipinski definition) is 0. The number of nitrogens with zero attached hydrogens (tertiary/aromatic N) is 3. The first-order chi connectivity index (χ1) is 17.2. The van der Waals surface area contributed by atoms with Crippen LogP contribution in [0.5, 0.6) is 0 Å². The van der Waals surface area contributed by atoms with Crippen LogP contribution in [0.4, 0.5) is 0 Å². The van der Waals surface area contributed by atoms with Gasteiger partial charge in [-0.1, -0.05) is 71.6 Å². The first kappa shape index (κ1) is 24.5. The van der Waals surface area contributed by atoms with E-state index < -0.39 is 0 Å². The van der Waals surface area contributed by atoms with Gasteiger partial charge in [0.05, 0.1) is 10.0 Å². The van der Waals surface area contributed by atoms with E-state index in [0.29, 0.717) is 51.8 Å². The van der Waals surface area contributed by atoms with Gasteiger partial charge >= 0.3 is 0 Å². The number of carbonyl (C=O) groups is 1. The molecule has 0 aliphatic carbocycles. The van der Waals surface area contributed by atoms with Crippen LogP contribution in [0.2, 0.25) is 10.0 Å². The van der Waals surface area contributed by atoms with Gasteiger partial charge in [-0.05, 0) is 55.5 Å². The number of amides is 1. The van der Waals surface area contributed by atoms with Crippen molar-refractivity contribution in [3.05, 3.63) is 97.5 Å². The summed E-state index contributed by atoms with van der Waals surface area (Å²) in [6, 6.07) is 15.3. The minimum Gasteiger partial charge on any atom is -0.333 e.